The van der Waals surface area contributed by atoms with Gasteiger partial charge in [-0.05, 0) is 31.0 Å². The van der Waals surface area contributed by atoms with Crippen molar-refractivity contribution >= 4 is 17.3 Å². The predicted octanol–water partition coefficient (Wildman–Crippen LogP) is 2.50. The molecule has 0 aliphatic heterocycles. The number of hydrogen-bond acceptors (Lipinski definition) is 3. The Morgan fingerprint density at radius 1 is 1.37 bits per heavy atom. The molecule has 0 heterocycles. The molecule has 1 aromatic rings. The lowest BCUT2D eigenvalue weighted by Gasteiger charge is -2.11. The van der Waals surface area contributed by atoms with E-state index in [1.807, 2.05) is 19.9 Å². The maximum atomic E-state index is 11.8. The summed E-state index contributed by atoms with van der Waals surface area (Å²) in [5, 5.41) is 2.68. The van der Waals surface area contributed by atoms with Gasteiger partial charge < -0.3 is 15.8 Å². The molecule has 0 spiro atoms. The number of hydrogen-bond donors (Lipinski definition) is 2. The molecule has 0 aliphatic carbocycles. The van der Waals surface area contributed by atoms with Crippen molar-refractivity contribution in [2.24, 2.45) is 0 Å². The smallest absolute Gasteiger partial charge is 0.261 e. The van der Waals surface area contributed by atoms with Crippen molar-refractivity contribution in [2.45, 2.75) is 26.7 Å². The molecule has 6 heteroatoms. The number of nitrogens with two attached hydrogens (primary N) is 1. The van der Waals surface area contributed by atoms with Gasteiger partial charge in [-0.25, -0.2) is 8.78 Å². The van der Waals surface area contributed by atoms with Crippen molar-refractivity contribution in [3.63, 3.8) is 0 Å². The minimum Gasteiger partial charge on any atom is -0.398 e. The molecule has 0 saturated heterocycles. The van der Waals surface area contributed by atoms with Crippen LogP contribution in [0.4, 0.5) is 20.2 Å². The van der Waals surface area contributed by atoms with E-state index in [0.717, 1.165) is 11.1 Å². The van der Waals surface area contributed by atoms with Crippen LogP contribution in [0.2, 0.25) is 0 Å². The minimum absolute atomic E-state index is 0.0277. The molecule has 106 valence electrons. The number of amides is 1. The number of aryl methyl sites for hydroxylation is 2. The Bertz CT molecular complexity index is 451. The van der Waals surface area contributed by atoms with E-state index in [1.54, 1.807) is 6.07 Å². The first-order valence-corrected chi connectivity index (χ1v) is 5.92. The van der Waals surface area contributed by atoms with Crippen LogP contribution in [0.5, 0.6) is 0 Å². The SMILES string of the molecule is Cc1cc(C)c(NC(=O)CCOCC(F)F)cc1N. The van der Waals surface area contributed by atoms with Crippen molar-refractivity contribution in [3.8, 4) is 0 Å². The number of carbonyl (C=O) groups excluding carboxylic acids is 1. The molecule has 19 heavy (non-hydrogen) atoms. The lowest BCUT2D eigenvalue weighted by Crippen LogP contribution is -2.16. The second kappa shape index (κ2) is 7.04. The lowest BCUT2D eigenvalue weighted by atomic mass is 10.1. The third-order valence-electron chi connectivity index (χ3n) is 2.60. The molecule has 0 aromatic heterocycles. The molecule has 0 saturated carbocycles. The summed E-state index contributed by atoms with van der Waals surface area (Å²) in [5.74, 6) is -0.291. The molecule has 0 aliphatic rings. The summed E-state index contributed by atoms with van der Waals surface area (Å²) in [4.78, 5) is 11.6. The standard InChI is InChI=1S/C13H18F2N2O2/c1-8-5-9(2)11(6-10(8)16)17-13(18)3-4-19-7-12(14)15/h5-6,12H,3-4,7,16H2,1-2H3,(H,17,18). The Labute approximate surface area is 110 Å². The number of carbonyl (C=O) groups is 1. The van der Waals surface area contributed by atoms with Crippen LogP contribution in [-0.2, 0) is 9.53 Å². The van der Waals surface area contributed by atoms with Crippen molar-refractivity contribution in [2.75, 3.05) is 24.3 Å². The second-order valence-electron chi connectivity index (χ2n) is 4.29. The number of nitrogen functional groups attached to an aromatic ring is 1. The lowest BCUT2D eigenvalue weighted by molar-refractivity contribution is -0.117. The minimum atomic E-state index is -2.51. The summed E-state index contributed by atoms with van der Waals surface area (Å²) >= 11 is 0. The van der Waals surface area contributed by atoms with Gasteiger partial charge in [-0.2, -0.15) is 0 Å². The molecule has 1 rings (SSSR count). The van der Waals surface area contributed by atoms with Crippen LogP contribution in [0.1, 0.15) is 17.5 Å². The highest BCUT2D eigenvalue weighted by molar-refractivity contribution is 5.92. The van der Waals surface area contributed by atoms with E-state index in [9.17, 15) is 13.6 Å². The maximum absolute atomic E-state index is 11.8. The Kier molecular flexibility index (Phi) is 5.69. The van der Waals surface area contributed by atoms with E-state index in [2.05, 4.69) is 10.1 Å². The number of benzene rings is 1. The topological polar surface area (TPSA) is 64.3 Å². The van der Waals surface area contributed by atoms with E-state index in [-0.39, 0.29) is 18.9 Å². The molecular formula is C13H18F2N2O2. The van der Waals surface area contributed by atoms with E-state index in [4.69, 9.17) is 5.73 Å². The first kappa shape index (κ1) is 15.4. The average Bonchev–Trinajstić information content (AvgIpc) is 2.31. The molecule has 1 amide bonds. The summed E-state index contributed by atoms with van der Waals surface area (Å²) in [6.07, 6.45) is -2.48. The normalized spacial score (nSPS) is 10.8. The zero-order valence-corrected chi connectivity index (χ0v) is 11.0. The number of alkyl halides is 2. The highest BCUT2D eigenvalue weighted by Gasteiger charge is 2.08. The molecule has 4 nitrogen and oxygen atoms in total. The van der Waals surface area contributed by atoms with Crippen LogP contribution < -0.4 is 11.1 Å². The summed E-state index contributed by atoms with van der Waals surface area (Å²) in [6, 6.07) is 3.56. The Balaban J connectivity index is 2.46. The molecule has 0 atom stereocenters. The van der Waals surface area contributed by atoms with Gasteiger partial charge in [-0.3, -0.25) is 4.79 Å². The highest BCUT2D eigenvalue weighted by atomic mass is 19.3. The van der Waals surface area contributed by atoms with Gasteiger partial charge in [0.1, 0.15) is 6.61 Å². The van der Waals surface area contributed by atoms with Gasteiger partial charge in [0.05, 0.1) is 13.0 Å². The van der Waals surface area contributed by atoms with E-state index >= 15 is 0 Å². The number of halogens is 2. The Morgan fingerprint density at radius 3 is 2.68 bits per heavy atom. The van der Waals surface area contributed by atoms with Gasteiger partial charge in [0, 0.05) is 11.4 Å². The summed E-state index contributed by atoms with van der Waals surface area (Å²) in [6.45, 7) is 3.06. The third-order valence-corrected chi connectivity index (χ3v) is 2.60. The molecule has 0 unspecified atom stereocenters. The van der Waals surface area contributed by atoms with Gasteiger partial charge >= 0.3 is 0 Å². The Morgan fingerprint density at radius 2 is 2.05 bits per heavy atom. The second-order valence-corrected chi connectivity index (χ2v) is 4.29. The first-order valence-electron chi connectivity index (χ1n) is 5.92. The van der Waals surface area contributed by atoms with Crippen LogP contribution in [0.25, 0.3) is 0 Å². The molecule has 0 bridgehead atoms. The van der Waals surface area contributed by atoms with Gasteiger partial charge in [0.2, 0.25) is 5.91 Å². The predicted molar refractivity (Wildman–Crippen MR) is 70.4 cm³/mol. The van der Waals surface area contributed by atoms with Crippen molar-refractivity contribution < 1.29 is 18.3 Å². The van der Waals surface area contributed by atoms with E-state index in [0.29, 0.717) is 11.4 Å². The van der Waals surface area contributed by atoms with Gasteiger partial charge in [-0.1, -0.05) is 6.07 Å². The molecular weight excluding hydrogens is 254 g/mol. The van der Waals surface area contributed by atoms with Crippen LogP contribution in [0, 0.1) is 13.8 Å². The van der Waals surface area contributed by atoms with Crippen molar-refractivity contribution in [1.82, 2.24) is 0 Å². The van der Waals surface area contributed by atoms with Crippen LogP contribution in [-0.4, -0.2) is 25.5 Å². The maximum Gasteiger partial charge on any atom is 0.261 e. The fourth-order valence-electron chi connectivity index (χ4n) is 1.55. The fourth-order valence-corrected chi connectivity index (χ4v) is 1.55. The van der Waals surface area contributed by atoms with Gasteiger partial charge in [0.25, 0.3) is 6.43 Å². The highest BCUT2D eigenvalue weighted by Crippen LogP contribution is 2.22. The van der Waals surface area contributed by atoms with Crippen LogP contribution >= 0.6 is 0 Å². The van der Waals surface area contributed by atoms with Gasteiger partial charge in [-0.15, -0.1) is 0 Å². The van der Waals surface area contributed by atoms with E-state index in [1.165, 1.54) is 0 Å². The van der Waals surface area contributed by atoms with Crippen molar-refractivity contribution in [1.29, 1.82) is 0 Å². The van der Waals surface area contributed by atoms with E-state index < -0.39 is 13.0 Å². The zero-order valence-electron chi connectivity index (χ0n) is 11.0. The summed E-state index contributed by atoms with van der Waals surface area (Å²) in [5.41, 5.74) is 8.82. The molecule has 3 N–H and O–H groups in total. The summed E-state index contributed by atoms with van der Waals surface area (Å²) < 4.78 is 28.2. The summed E-state index contributed by atoms with van der Waals surface area (Å²) in [7, 11) is 0. The fraction of sp³-hybridized carbons (Fsp3) is 0.462. The van der Waals surface area contributed by atoms with Gasteiger partial charge in [0.15, 0.2) is 0 Å². The number of ether oxygens (including phenoxy) is 1. The average molecular weight is 272 g/mol. The number of nitrogens with one attached hydrogen (secondary N) is 1. The number of anilines is 2. The Hall–Kier alpha value is -1.69. The monoisotopic (exact) mass is 272 g/mol. The zero-order chi connectivity index (χ0) is 14.4. The largest absolute Gasteiger partial charge is 0.398 e. The van der Waals surface area contributed by atoms with Crippen LogP contribution in [0.15, 0.2) is 12.1 Å². The van der Waals surface area contributed by atoms with Crippen molar-refractivity contribution in [3.05, 3.63) is 23.3 Å². The molecule has 0 radical (unpaired) electrons. The quantitative estimate of drug-likeness (QED) is 0.617. The third kappa shape index (κ3) is 5.21. The molecule has 1 aromatic carbocycles. The first-order chi connectivity index (χ1) is 8.90. The molecule has 0 fully saturated rings. The number of rotatable bonds is 6. The van der Waals surface area contributed by atoms with Crippen LogP contribution in [0.3, 0.4) is 0 Å².